The number of carbonyl (C=O) groups is 2. The first-order valence-corrected chi connectivity index (χ1v) is 11.8. The van der Waals surface area contributed by atoms with E-state index in [1.807, 2.05) is 0 Å². The van der Waals surface area contributed by atoms with E-state index in [1.54, 1.807) is 52.3 Å². The summed E-state index contributed by atoms with van der Waals surface area (Å²) in [6.07, 6.45) is -1.44. The molecule has 1 N–H and O–H groups in total. The SMILES string of the molecule is O=C(c1ccc(Nc2nccc(-c3ccc(C(F)(F)F)cc3)n2)cc1)N1CCN(C(=O)c2ccco2)CC1. The van der Waals surface area contributed by atoms with Crippen molar-refractivity contribution in [1.82, 2.24) is 19.8 Å². The van der Waals surface area contributed by atoms with Crippen molar-refractivity contribution in [2.45, 2.75) is 6.18 Å². The van der Waals surface area contributed by atoms with Gasteiger partial charge < -0.3 is 19.5 Å². The van der Waals surface area contributed by atoms with Crippen LogP contribution in [0.3, 0.4) is 0 Å². The fourth-order valence-corrected chi connectivity index (χ4v) is 4.09. The second-order valence-corrected chi connectivity index (χ2v) is 8.60. The van der Waals surface area contributed by atoms with E-state index in [0.717, 1.165) is 12.1 Å². The molecule has 1 aliphatic rings. The first-order chi connectivity index (χ1) is 18.3. The summed E-state index contributed by atoms with van der Waals surface area (Å²) in [7, 11) is 0. The number of anilines is 2. The molecule has 0 atom stereocenters. The van der Waals surface area contributed by atoms with Gasteiger partial charge in [-0.25, -0.2) is 9.97 Å². The number of rotatable bonds is 5. The Morgan fingerprint density at radius 3 is 2.11 bits per heavy atom. The van der Waals surface area contributed by atoms with Gasteiger partial charge in [0.25, 0.3) is 11.8 Å². The van der Waals surface area contributed by atoms with Crippen LogP contribution in [0.1, 0.15) is 26.5 Å². The number of carbonyl (C=O) groups excluding carboxylic acids is 2. The standard InChI is InChI=1S/C27H22F3N5O3/c28-27(29,30)20-7-3-18(4-8-20)22-11-12-31-26(33-22)32-21-9-5-19(6-10-21)24(36)34-13-15-35(16-14-34)25(37)23-2-1-17-38-23/h1-12,17H,13-16H2,(H,31,32,33). The van der Waals surface area contributed by atoms with Crippen molar-refractivity contribution < 1.29 is 27.2 Å². The number of piperazine rings is 1. The fourth-order valence-electron chi connectivity index (χ4n) is 4.09. The highest BCUT2D eigenvalue weighted by Gasteiger charge is 2.30. The van der Waals surface area contributed by atoms with E-state index in [0.29, 0.717) is 48.7 Å². The van der Waals surface area contributed by atoms with Crippen molar-refractivity contribution in [3.63, 3.8) is 0 Å². The van der Waals surface area contributed by atoms with Crippen molar-refractivity contribution in [2.24, 2.45) is 0 Å². The van der Waals surface area contributed by atoms with Crippen LogP contribution in [0.25, 0.3) is 11.3 Å². The van der Waals surface area contributed by atoms with E-state index in [4.69, 9.17) is 4.42 Å². The molecule has 0 aliphatic carbocycles. The van der Waals surface area contributed by atoms with E-state index < -0.39 is 11.7 Å². The minimum atomic E-state index is -4.40. The number of hydrogen-bond acceptors (Lipinski definition) is 6. The predicted octanol–water partition coefficient (Wildman–Crippen LogP) is 5.10. The molecule has 8 nitrogen and oxygen atoms in total. The first kappa shape index (κ1) is 25.0. The van der Waals surface area contributed by atoms with Gasteiger partial charge in [-0.3, -0.25) is 9.59 Å². The van der Waals surface area contributed by atoms with E-state index in [-0.39, 0.29) is 23.5 Å². The van der Waals surface area contributed by atoms with Gasteiger partial charge in [-0.15, -0.1) is 0 Å². The second-order valence-electron chi connectivity index (χ2n) is 8.60. The summed E-state index contributed by atoms with van der Waals surface area (Å²) in [6, 6.07) is 16.4. The molecule has 2 aromatic carbocycles. The average Bonchev–Trinajstić information content (AvgIpc) is 3.48. The van der Waals surface area contributed by atoms with Crippen LogP contribution in [0.4, 0.5) is 24.8 Å². The van der Waals surface area contributed by atoms with Crippen LogP contribution in [-0.4, -0.2) is 57.8 Å². The molecule has 0 saturated carbocycles. The van der Waals surface area contributed by atoms with Gasteiger partial charge in [0.05, 0.1) is 17.5 Å². The van der Waals surface area contributed by atoms with Crippen molar-refractivity contribution in [2.75, 3.05) is 31.5 Å². The van der Waals surface area contributed by atoms with Crippen LogP contribution >= 0.6 is 0 Å². The third-order valence-electron chi connectivity index (χ3n) is 6.14. The Labute approximate surface area is 215 Å². The normalized spacial score (nSPS) is 13.9. The number of aromatic nitrogens is 2. The monoisotopic (exact) mass is 521 g/mol. The van der Waals surface area contributed by atoms with E-state index in [1.165, 1.54) is 24.6 Å². The predicted molar refractivity (Wildman–Crippen MR) is 133 cm³/mol. The number of nitrogens with one attached hydrogen (secondary N) is 1. The molecular formula is C27H22F3N5O3. The Balaban J connectivity index is 1.19. The van der Waals surface area contributed by atoms with Crippen LogP contribution in [0.2, 0.25) is 0 Å². The highest BCUT2D eigenvalue weighted by atomic mass is 19.4. The van der Waals surface area contributed by atoms with Crippen LogP contribution < -0.4 is 5.32 Å². The molecule has 3 heterocycles. The number of furan rings is 1. The Bertz CT molecular complexity index is 1410. The Hall–Kier alpha value is -4.67. The fraction of sp³-hybridized carbons (Fsp3) is 0.185. The Kier molecular flexibility index (Phi) is 6.82. The van der Waals surface area contributed by atoms with Gasteiger partial charge in [-0.1, -0.05) is 12.1 Å². The highest BCUT2D eigenvalue weighted by molar-refractivity contribution is 5.95. The molecule has 0 radical (unpaired) electrons. The molecule has 2 aromatic heterocycles. The summed E-state index contributed by atoms with van der Waals surface area (Å²) in [5, 5.41) is 3.05. The number of benzene rings is 2. The lowest BCUT2D eigenvalue weighted by Gasteiger charge is -2.34. The van der Waals surface area contributed by atoms with Gasteiger partial charge in [0.15, 0.2) is 5.76 Å². The Morgan fingerprint density at radius 2 is 1.50 bits per heavy atom. The van der Waals surface area contributed by atoms with Gasteiger partial charge >= 0.3 is 6.18 Å². The minimum absolute atomic E-state index is 0.137. The zero-order valence-corrected chi connectivity index (χ0v) is 20.0. The maximum atomic E-state index is 13.0. The zero-order valence-electron chi connectivity index (χ0n) is 20.0. The molecule has 2 amide bonds. The largest absolute Gasteiger partial charge is 0.459 e. The number of halogens is 3. The van der Waals surface area contributed by atoms with E-state index >= 15 is 0 Å². The lowest BCUT2D eigenvalue weighted by atomic mass is 10.1. The Morgan fingerprint density at radius 1 is 0.842 bits per heavy atom. The maximum Gasteiger partial charge on any atom is 0.416 e. The van der Waals surface area contributed by atoms with Crippen molar-refractivity contribution >= 4 is 23.5 Å². The molecule has 11 heteroatoms. The molecule has 4 aromatic rings. The molecule has 0 bridgehead atoms. The topological polar surface area (TPSA) is 91.6 Å². The van der Waals surface area contributed by atoms with Gasteiger partial charge in [0.1, 0.15) is 0 Å². The lowest BCUT2D eigenvalue weighted by Crippen LogP contribution is -2.50. The first-order valence-electron chi connectivity index (χ1n) is 11.8. The second kappa shape index (κ2) is 10.4. The third-order valence-corrected chi connectivity index (χ3v) is 6.14. The lowest BCUT2D eigenvalue weighted by molar-refractivity contribution is -0.137. The minimum Gasteiger partial charge on any atom is -0.459 e. The van der Waals surface area contributed by atoms with E-state index in [2.05, 4.69) is 15.3 Å². The number of alkyl halides is 3. The molecule has 1 fully saturated rings. The van der Waals surface area contributed by atoms with Crippen LogP contribution in [-0.2, 0) is 6.18 Å². The molecule has 0 unspecified atom stereocenters. The van der Waals surface area contributed by atoms with Crippen LogP contribution in [0.5, 0.6) is 0 Å². The summed E-state index contributed by atoms with van der Waals surface area (Å²) in [4.78, 5) is 37.3. The molecule has 194 valence electrons. The number of hydrogen-bond donors (Lipinski definition) is 1. The third kappa shape index (κ3) is 5.51. The summed E-state index contributed by atoms with van der Waals surface area (Å²) in [6.45, 7) is 1.65. The quantitative estimate of drug-likeness (QED) is 0.393. The maximum absolute atomic E-state index is 13.0. The van der Waals surface area contributed by atoms with Crippen molar-refractivity contribution in [1.29, 1.82) is 0 Å². The molecule has 38 heavy (non-hydrogen) atoms. The highest BCUT2D eigenvalue weighted by Crippen LogP contribution is 2.30. The van der Waals surface area contributed by atoms with Gasteiger partial charge in [-0.05, 0) is 54.6 Å². The van der Waals surface area contributed by atoms with Crippen molar-refractivity contribution in [3.8, 4) is 11.3 Å². The van der Waals surface area contributed by atoms with Crippen LogP contribution in [0.15, 0.2) is 83.6 Å². The van der Waals surface area contributed by atoms with Gasteiger partial charge in [-0.2, -0.15) is 13.2 Å². The van der Waals surface area contributed by atoms with Crippen molar-refractivity contribution in [3.05, 3.63) is 96.1 Å². The van der Waals surface area contributed by atoms with Gasteiger partial charge in [0, 0.05) is 49.2 Å². The molecule has 1 saturated heterocycles. The zero-order chi connectivity index (χ0) is 26.7. The summed E-state index contributed by atoms with van der Waals surface area (Å²) in [5.41, 5.74) is 1.40. The summed E-state index contributed by atoms with van der Waals surface area (Å²) < 4.78 is 43.7. The summed E-state index contributed by atoms with van der Waals surface area (Å²) in [5.74, 6) is 0.213. The van der Waals surface area contributed by atoms with E-state index in [9.17, 15) is 22.8 Å². The molecular weight excluding hydrogens is 499 g/mol. The average molecular weight is 521 g/mol. The van der Waals surface area contributed by atoms with Crippen LogP contribution in [0, 0.1) is 0 Å². The summed E-state index contributed by atoms with van der Waals surface area (Å²) >= 11 is 0. The smallest absolute Gasteiger partial charge is 0.416 e. The number of amides is 2. The molecule has 1 aliphatic heterocycles. The molecule has 5 rings (SSSR count). The molecule has 0 spiro atoms. The van der Waals surface area contributed by atoms with Gasteiger partial charge in [0.2, 0.25) is 5.95 Å². The number of nitrogens with zero attached hydrogens (tertiary/aromatic N) is 4.